The van der Waals surface area contributed by atoms with Gasteiger partial charge in [-0.25, -0.2) is 0 Å². The van der Waals surface area contributed by atoms with E-state index in [1.807, 2.05) is 18.2 Å². The molecule has 0 fully saturated rings. The van der Waals surface area contributed by atoms with Gasteiger partial charge in [-0.2, -0.15) is 0 Å². The molecule has 0 heterocycles. The second-order valence-electron chi connectivity index (χ2n) is 3.89. The molecule has 0 spiro atoms. The first-order chi connectivity index (χ1) is 9.11. The molecule has 0 radical (unpaired) electrons. The maximum atomic E-state index is 6.09. The summed E-state index contributed by atoms with van der Waals surface area (Å²) in [5.41, 5.74) is 1.80. The van der Waals surface area contributed by atoms with Gasteiger partial charge < -0.3 is 4.74 Å². The molecule has 0 bridgehead atoms. The maximum absolute atomic E-state index is 6.09. The summed E-state index contributed by atoms with van der Waals surface area (Å²) in [5, 5.41) is 1.20. The molecule has 0 atom stereocenters. The summed E-state index contributed by atoms with van der Waals surface area (Å²) in [7, 11) is 0. The van der Waals surface area contributed by atoms with Crippen molar-refractivity contribution in [2.45, 2.75) is 12.5 Å². The number of hydrogen-bond donors (Lipinski definition) is 0. The molecule has 2 aromatic carbocycles. The summed E-state index contributed by atoms with van der Waals surface area (Å²) in [4.78, 5) is 0. The minimum atomic E-state index is 0.317. The van der Waals surface area contributed by atoms with Gasteiger partial charge in [-0.3, -0.25) is 0 Å². The largest absolute Gasteiger partial charge is 0.488 e. The molecule has 100 valence electrons. The molecule has 0 aliphatic carbocycles. The zero-order chi connectivity index (χ0) is 13.8. The molecule has 0 amide bonds. The molecular weight excluding hydrogens is 370 g/mol. The normalized spacial score (nSPS) is 10.5. The number of alkyl halides is 1. The Balaban J connectivity index is 2.15. The van der Waals surface area contributed by atoms with Crippen molar-refractivity contribution < 1.29 is 4.74 Å². The van der Waals surface area contributed by atoms with E-state index in [1.54, 1.807) is 18.2 Å². The molecule has 5 heteroatoms. The standard InChI is InChI=1S/C14H10BrCl3O/c15-11-6-9(7-16)4-5-14(11)19-8-10-12(17)2-1-3-13(10)18/h1-6H,7-8H2. The van der Waals surface area contributed by atoms with Crippen LogP contribution in [-0.2, 0) is 12.5 Å². The maximum Gasteiger partial charge on any atom is 0.134 e. The van der Waals surface area contributed by atoms with Gasteiger partial charge in [-0.15, -0.1) is 11.6 Å². The van der Waals surface area contributed by atoms with Crippen molar-refractivity contribution in [1.29, 1.82) is 0 Å². The van der Waals surface area contributed by atoms with Crippen LogP contribution in [0.3, 0.4) is 0 Å². The molecule has 2 rings (SSSR count). The minimum absolute atomic E-state index is 0.317. The van der Waals surface area contributed by atoms with Crippen molar-refractivity contribution >= 4 is 50.7 Å². The Kier molecular flexibility index (Phi) is 5.40. The first-order valence-corrected chi connectivity index (χ1v) is 7.60. The predicted octanol–water partition coefficient (Wildman–Crippen LogP) is 6.07. The van der Waals surface area contributed by atoms with Crippen LogP contribution in [-0.4, -0.2) is 0 Å². The lowest BCUT2D eigenvalue weighted by Gasteiger charge is -2.11. The Morgan fingerprint density at radius 1 is 1.05 bits per heavy atom. The average molecular weight is 380 g/mol. The van der Waals surface area contributed by atoms with Gasteiger partial charge >= 0.3 is 0 Å². The van der Waals surface area contributed by atoms with Crippen molar-refractivity contribution in [2.75, 3.05) is 0 Å². The number of benzene rings is 2. The Labute approximate surface area is 135 Å². The van der Waals surface area contributed by atoms with Crippen LogP contribution in [0.15, 0.2) is 40.9 Å². The third kappa shape index (κ3) is 3.79. The quantitative estimate of drug-likeness (QED) is 0.585. The van der Waals surface area contributed by atoms with E-state index in [0.29, 0.717) is 22.5 Å². The zero-order valence-corrected chi connectivity index (χ0v) is 13.7. The van der Waals surface area contributed by atoms with Crippen LogP contribution in [0.25, 0.3) is 0 Å². The number of rotatable bonds is 4. The highest BCUT2D eigenvalue weighted by Crippen LogP contribution is 2.30. The number of hydrogen-bond acceptors (Lipinski definition) is 1. The van der Waals surface area contributed by atoms with Crippen molar-refractivity contribution in [3.63, 3.8) is 0 Å². The number of halogens is 4. The molecular formula is C14H10BrCl3O. The molecule has 0 saturated carbocycles. The van der Waals surface area contributed by atoms with Crippen LogP contribution >= 0.6 is 50.7 Å². The van der Waals surface area contributed by atoms with Gasteiger partial charge in [0.1, 0.15) is 12.4 Å². The number of ether oxygens (including phenoxy) is 1. The lowest BCUT2D eigenvalue weighted by molar-refractivity contribution is 0.304. The van der Waals surface area contributed by atoms with Crippen LogP contribution in [0.2, 0.25) is 10.0 Å². The van der Waals surface area contributed by atoms with Crippen molar-refractivity contribution in [1.82, 2.24) is 0 Å². The van der Waals surface area contributed by atoms with Crippen molar-refractivity contribution in [3.8, 4) is 5.75 Å². The average Bonchev–Trinajstić information content (AvgIpc) is 2.39. The summed E-state index contributed by atoms with van der Waals surface area (Å²) in [6.45, 7) is 0.317. The Hall–Kier alpha value is -0.410. The third-order valence-corrected chi connectivity index (χ3v) is 4.22. The summed E-state index contributed by atoms with van der Waals surface area (Å²) < 4.78 is 6.58. The Morgan fingerprint density at radius 3 is 2.32 bits per heavy atom. The molecule has 0 unspecified atom stereocenters. The highest BCUT2D eigenvalue weighted by molar-refractivity contribution is 9.10. The summed E-state index contributed by atoms with van der Waals surface area (Å²) in [6.07, 6.45) is 0. The van der Waals surface area contributed by atoms with Crippen LogP contribution in [0, 0.1) is 0 Å². The fraction of sp³-hybridized carbons (Fsp3) is 0.143. The van der Waals surface area contributed by atoms with Crippen molar-refractivity contribution in [2.24, 2.45) is 0 Å². The van der Waals surface area contributed by atoms with E-state index in [4.69, 9.17) is 39.5 Å². The van der Waals surface area contributed by atoms with E-state index in [2.05, 4.69) is 15.9 Å². The first kappa shape index (κ1) is 15.0. The summed E-state index contributed by atoms with van der Waals surface area (Å²) in [5.74, 6) is 1.19. The summed E-state index contributed by atoms with van der Waals surface area (Å²) in [6, 6.07) is 11.1. The van der Waals surface area contributed by atoms with Crippen LogP contribution in [0.4, 0.5) is 0 Å². The van der Waals surface area contributed by atoms with Crippen LogP contribution in [0.5, 0.6) is 5.75 Å². The third-order valence-electron chi connectivity index (χ3n) is 2.58. The van der Waals surface area contributed by atoms with Crippen molar-refractivity contribution in [3.05, 3.63) is 62.0 Å². The van der Waals surface area contributed by atoms with E-state index in [1.165, 1.54) is 0 Å². The highest BCUT2D eigenvalue weighted by Gasteiger charge is 2.08. The van der Waals surface area contributed by atoms with Crippen LogP contribution in [0.1, 0.15) is 11.1 Å². The smallest absolute Gasteiger partial charge is 0.134 e. The Morgan fingerprint density at radius 2 is 1.74 bits per heavy atom. The summed E-state index contributed by atoms with van der Waals surface area (Å²) >= 11 is 21.4. The van der Waals surface area contributed by atoms with Gasteiger partial charge in [-0.1, -0.05) is 35.3 Å². The van der Waals surface area contributed by atoms with E-state index in [0.717, 1.165) is 21.3 Å². The minimum Gasteiger partial charge on any atom is -0.488 e. The second-order valence-corrected chi connectivity index (χ2v) is 5.82. The lowest BCUT2D eigenvalue weighted by atomic mass is 10.2. The van der Waals surface area contributed by atoms with E-state index in [9.17, 15) is 0 Å². The van der Waals surface area contributed by atoms with E-state index in [-0.39, 0.29) is 0 Å². The van der Waals surface area contributed by atoms with Gasteiger partial charge in [0, 0.05) is 21.5 Å². The highest BCUT2D eigenvalue weighted by atomic mass is 79.9. The zero-order valence-electron chi connectivity index (χ0n) is 9.80. The molecule has 0 aromatic heterocycles. The van der Waals surface area contributed by atoms with Gasteiger partial charge in [0.05, 0.1) is 4.47 Å². The Bertz CT molecular complexity index is 567. The molecule has 0 N–H and O–H groups in total. The molecule has 2 aromatic rings. The van der Waals surface area contributed by atoms with Gasteiger partial charge in [0.15, 0.2) is 0 Å². The predicted molar refractivity (Wildman–Crippen MR) is 84.5 cm³/mol. The fourth-order valence-electron chi connectivity index (χ4n) is 1.56. The SMILES string of the molecule is ClCc1ccc(OCc2c(Cl)cccc2Cl)c(Br)c1. The monoisotopic (exact) mass is 378 g/mol. The van der Waals surface area contributed by atoms with Gasteiger partial charge in [0.25, 0.3) is 0 Å². The fourth-order valence-corrected chi connectivity index (χ4v) is 2.78. The lowest BCUT2D eigenvalue weighted by Crippen LogP contribution is -1.98. The molecule has 0 saturated heterocycles. The molecule has 1 nitrogen and oxygen atoms in total. The van der Waals surface area contributed by atoms with E-state index >= 15 is 0 Å². The molecule has 0 aliphatic rings. The van der Waals surface area contributed by atoms with Gasteiger partial charge in [-0.05, 0) is 45.8 Å². The van der Waals surface area contributed by atoms with E-state index < -0.39 is 0 Å². The molecule has 19 heavy (non-hydrogen) atoms. The first-order valence-electron chi connectivity index (χ1n) is 5.52. The van der Waals surface area contributed by atoms with Crippen LogP contribution < -0.4 is 4.74 Å². The molecule has 0 aliphatic heterocycles. The second kappa shape index (κ2) is 6.85. The topological polar surface area (TPSA) is 9.23 Å². The van der Waals surface area contributed by atoms with Gasteiger partial charge in [0.2, 0.25) is 0 Å².